The number of aromatic nitrogens is 2. The quantitative estimate of drug-likeness (QED) is 0.531. The highest BCUT2D eigenvalue weighted by Gasteiger charge is 2.15. The molecule has 3 aromatic carbocycles. The monoisotopic (exact) mass is 361 g/mol. The Morgan fingerprint density at radius 1 is 0.926 bits per heavy atom. The molecule has 0 saturated carbocycles. The van der Waals surface area contributed by atoms with Crippen molar-refractivity contribution in [3.05, 3.63) is 95.8 Å². The molecule has 2 N–H and O–H groups in total. The molecule has 0 radical (unpaired) electrons. The fraction of sp³-hybridized carbons (Fsp3) is 0.136. The van der Waals surface area contributed by atoms with Crippen molar-refractivity contribution in [3.8, 4) is 0 Å². The van der Waals surface area contributed by atoms with Gasteiger partial charge in [0.25, 0.3) is 0 Å². The van der Waals surface area contributed by atoms with E-state index in [0.717, 1.165) is 16.6 Å². The Bertz CT molecular complexity index is 1030. The second-order valence-electron chi connectivity index (χ2n) is 6.44. The predicted octanol–water partition coefficient (Wildman–Crippen LogP) is 4.52. The lowest BCUT2D eigenvalue weighted by Gasteiger charge is -2.16. The summed E-state index contributed by atoms with van der Waals surface area (Å²) in [5.74, 6) is 0.380. The average molecular weight is 361 g/mol. The van der Waals surface area contributed by atoms with Crippen LogP contribution in [0.25, 0.3) is 11.0 Å². The number of fused-ring (bicyclic) bond motifs is 1. The molecule has 5 heteroatoms. The minimum Gasteiger partial charge on any atom is -0.387 e. The van der Waals surface area contributed by atoms with Crippen molar-refractivity contribution in [2.24, 2.45) is 0 Å². The maximum atomic E-state index is 13.2. The molecule has 1 aromatic heterocycles. The molecule has 0 aliphatic heterocycles. The molecule has 4 aromatic rings. The summed E-state index contributed by atoms with van der Waals surface area (Å²) in [6.07, 6.45) is -0.763. The average Bonchev–Trinajstić information content (AvgIpc) is 3.05. The smallest absolute Gasteiger partial charge is 0.204 e. The zero-order valence-corrected chi connectivity index (χ0v) is 14.7. The van der Waals surface area contributed by atoms with E-state index >= 15 is 0 Å². The summed E-state index contributed by atoms with van der Waals surface area (Å²) in [6.45, 7) is 0.958. The molecule has 1 unspecified atom stereocenters. The van der Waals surface area contributed by atoms with Crippen LogP contribution in [0.1, 0.15) is 17.2 Å². The van der Waals surface area contributed by atoms with E-state index in [2.05, 4.69) is 10.3 Å². The van der Waals surface area contributed by atoms with E-state index in [1.165, 1.54) is 12.1 Å². The first-order chi connectivity index (χ1) is 13.2. The van der Waals surface area contributed by atoms with E-state index in [1.54, 1.807) is 12.1 Å². The summed E-state index contributed by atoms with van der Waals surface area (Å²) in [6, 6.07) is 23.8. The first kappa shape index (κ1) is 17.2. The lowest BCUT2D eigenvalue weighted by Crippen LogP contribution is -2.13. The summed E-state index contributed by atoms with van der Waals surface area (Å²) in [4.78, 5) is 4.67. The third-order valence-corrected chi connectivity index (χ3v) is 4.56. The van der Waals surface area contributed by atoms with Crippen LogP contribution in [0.15, 0.2) is 78.9 Å². The Hall–Kier alpha value is -3.18. The van der Waals surface area contributed by atoms with E-state index in [-0.39, 0.29) is 5.82 Å². The summed E-state index contributed by atoms with van der Waals surface area (Å²) < 4.78 is 15.1. The van der Waals surface area contributed by atoms with Crippen LogP contribution in [0.3, 0.4) is 0 Å². The zero-order chi connectivity index (χ0) is 18.6. The van der Waals surface area contributed by atoms with Crippen molar-refractivity contribution in [1.29, 1.82) is 0 Å². The van der Waals surface area contributed by atoms with Crippen LogP contribution < -0.4 is 5.32 Å². The number of anilines is 1. The summed E-state index contributed by atoms with van der Waals surface area (Å²) in [7, 11) is 0. The Kier molecular flexibility index (Phi) is 4.85. The van der Waals surface area contributed by atoms with Crippen LogP contribution in [0.2, 0.25) is 0 Å². The van der Waals surface area contributed by atoms with Crippen LogP contribution in [0, 0.1) is 5.82 Å². The lowest BCUT2D eigenvalue weighted by atomic mass is 10.1. The largest absolute Gasteiger partial charge is 0.387 e. The van der Waals surface area contributed by atoms with Crippen molar-refractivity contribution < 1.29 is 9.50 Å². The summed E-state index contributed by atoms with van der Waals surface area (Å²) in [5.41, 5.74) is 3.62. The topological polar surface area (TPSA) is 50.1 Å². The van der Waals surface area contributed by atoms with Gasteiger partial charge in [0.2, 0.25) is 5.95 Å². The van der Waals surface area contributed by atoms with E-state index in [4.69, 9.17) is 0 Å². The molecule has 27 heavy (non-hydrogen) atoms. The number of aliphatic hydroxyl groups excluding tert-OH is 1. The first-order valence-electron chi connectivity index (χ1n) is 8.87. The van der Waals surface area contributed by atoms with Crippen molar-refractivity contribution in [2.75, 3.05) is 5.32 Å². The van der Waals surface area contributed by atoms with Gasteiger partial charge in [0, 0.05) is 6.54 Å². The van der Waals surface area contributed by atoms with Gasteiger partial charge >= 0.3 is 0 Å². The zero-order valence-electron chi connectivity index (χ0n) is 14.7. The van der Waals surface area contributed by atoms with Gasteiger partial charge in [-0.15, -0.1) is 0 Å². The maximum absolute atomic E-state index is 13.2. The van der Waals surface area contributed by atoms with Gasteiger partial charge in [0.15, 0.2) is 0 Å². The van der Waals surface area contributed by atoms with E-state index in [1.807, 2.05) is 59.2 Å². The standard InChI is InChI=1S/C22H20FN3O/c23-18-12-10-17(11-13-18)21(27)15-26-20-9-5-4-8-19(20)25-22(26)24-14-16-6-2-1-3-7-16/h1-13,21,27H,14-15H2,(H,24,25). The first-order valence-corrected chi connectivity index (χ1v) is 8.87. The van der Waals surface area contributed by atoms with Crippen LogP contribution in [0.4, 0.5) is 10.3 Å². The molecule has 0 saturated heterocycles. The minimum atomic E-state index is -0.763. The van der Waals surface area contributed by atoms with E-state index in [0.29, 0.717) is 24.6 Å². The number of halogens is 1. The highest BCUT2D eigenvalue weighted by atomic mass is 19.1. The molecular formula is C22H20FN3O. The second-order valence-corrected chi connectivity index (χ2v) is 6.44. The number of nitrogens with one attached hydrogen (secondary N) is 1. The number of imidazole rings is 1. The molecule has 0 amide bonds. The van der Waals surface area contributed by atoms with Gasteiger partial charge in [-0.3, -0.25) is 0 Å². The molecule has 136 valence electrons. The maximum Gasteiger partial charge on any atom is 0.204 e. The van der Waals surface area contributed by atoms with E-state index in [9.17, 15) is 9.50 Å². The minimum absolute atomic E-state index is 0.316. The second kappa shape index (κ2) is 7.60. The fourth-order valence-corrected chi connectivity index (χ4v) is 3.14. The number of rotatable bonds is 6. The molecule has 4 nitrogen and oxygen atoms in total. The number of benzene rings is 3. The third-order valence-electron chi connectivity index (χ3n) is 4.56. The highest BCUT2D eigenvalue weighted by Crippen LogP contribution is 2.24. The van der Waals surface area contributed by atoms with Crippen molar-refractivity contribution in [2.45, 2.75) is 19.2 Å². The third kappa shape index (κ3) is 3.83. The SMILES string of the molecule is OC(Cn1c(NCc2ccccc2)nc2ccccc21)c1ccc(F)cc1. The molecule has 0 bridgehead atoms. The molecule has 1 heterocycles. The normalized spacial score (nSPS) is 12.2. The van der Waals surface area contributed by atoms with Crippen molar-refractivity contribution in [3.63, 3.8) is 0 Å². The number of hydrogen-bond donors (Lipinski definition) is 2. The predicted molar refractivity (Wildman–Crippen MR) is 105 cm³/mol. The van der Waals surface area contributed by atoms with Gasteiger partial charge in [-0.2, -0.15) is 0 Å². The fourth-order valence-electron chi connectivity index (χ4n) is 3.14. The molecule has 0 aliphatic rings. The van der Waals surface area contributed by atoms with Gasteiger partial charge in [0.1, 0.15) is 5.82 Å². The van der Waals surface area contributed by atoms with Gasteiger partial charge in [-0.05, 0) is 35.4 Å². The van der Waals surface area contributed by atoms with Crippen LogP contribution >= 0.6 is 0 Å². The number of hydrogen-bond acceptors (Lipinski definition) is 3. The van der Waals surface area contributed by atoms with Gasteiger partial charge in [0.05, 0.1) is 23.7 Å². The summed E-state index contributed by atoms with van der Waals surface area (Å²) in [5, 5.41) is 14.0. The van der Waals surface area contributed by atoms with E-state index < -0.39 is 6.10 Å². The number of nitrogens with zero attached hydrogens (tertiary/aromatic N) is 2. The molecule has 4 rings (SSSR count). The molecular weight excluding hydrogens is 341 g/mol. The molecule has 0 aliphatic carbocycles. The van der Waals surface area contributed by atoms with Gasteiger partial charge in [-0.25, -0.2) is 9.37 Å². The molecule has 0 spiro atoms. The van der Waals surface area contributed by atoms with Crippen LogP contribution in [0.5, 0.6) is 0 Å². The Labute approximate surface area is 156 Å². The summed E-state index contributed by atoms with van der Waals surface area (Å²) >= 11 is 0. The lowest BCUT2D eigenvalue weighted by molar-refractivity contribution is 0.158. The van der Waals surface area contributed by atoms with Crippen molar-refractivity contribution >= 4 is 17.0 Å². The Morgan fingerprint density at radius 2 is 1.63 bits per heavy atom. The van der Waals surface area contributed by atoms with Crippen molar-refractivity contribution in [1.82, 2.24) is 9.55 Å². The highest BCUT2D eigenvalue weighted by molar-refractivity contribution is 5.78. The van der Waals surface area contributed by atoms with Gasteiger partial charge in [-0.1, -0.05) is 54.6 Å². The van der Waals surface area contributed by atoms with Crippen LogP contribution in [-0.2, 0) is 13.1 Å². The molecule has 1 atom stereocenters. The number of aliphatic hydroxyl groups is 1. The van der Waals surface area contributed by atoms with Crippen LogP contribution in [-0.4, -0.2) is 14.7 Å². The van der Waals surface area contributed by atoms with Gasteiger partial charge < -0.3 is 15.0 Å². The number of para-hydroxylation sites is 2. The molecule has 0 fully saturated rings. The Balaban J connectivity index is 1.62. The Morgan fingerprint density at radius 3 is 2.41 bits per heavy atom.